The second kappa shape index (κ2) is 6.08. The van der Waals surface area contributed by atoms with Gasteiger partial charge < -0.3 is 0 Å². The van der Waals surface area contributed by atoms with E-state index >= 15 is 0 Å². The van der Waals surface area contributed by atoms with Gasteiger partial charge in [-0.3, -0.25) is 9.98 Å². The SMILES string of the molecule is C/C=N/C=C\C=N/C. The number of allylic oxidation sites excluding steroid dienone is 1. The van der Waals surface area contributed by atoms with Crippen molar-refractivity contribution >= 4 is 12.4 Å². The van der Waals surface area contributed by atoms with Crippen LogP contribution < -0.4 is 0 Å². The van der Waals surface area contributed by atoms with Gasteiger partial charge in [0, 0.05) is 25.7 Å². The number of aliphatic imine (C=N–C) groups is 2. The Hall–Kier alpha value is -0.920. The van der Waals surface area contributed by atoms with Crippen molar-refractivity contribution in [3.05, 3.63) is 12.3 Å². The predicted octanol–water partition coefficient (Wildman–Crippen LogP) is 1.29. The zero-order chi connectivity index (χ0) is 6.24. The molecule has 0 rings (SSSR count). The molecular formula is C6H10N2. The number of hydrogen-bond donors (Lipinski definition) is 0. The molecule has 0 unspecified atom stereocenters. The van der Waals surface area contributed by atoms with Crippen LogP contribution in [0.2, 0.25) is 0 Å². The third kappa shape index (κ3) is 5.08. The summed E-state index contributed by atoms with van der Waals surface area (Å²) in [6.45, 7) is 1.87. The normalized spacial score (nSPS) is 12.8. The van der Waals surface area contributed by atoms with E-state index in [0.717, 1.165) is 0 Å². The first-order valence-electron chi connectivity index (χ1n) is 2.47. The molecule has 2 nitrogen and oxygen atoms in total. The minimum atomic E-state index is 1.69. The van der Waals surface area contributed by atoms with Crippen molar-refractivity contribution in [2.75, 3.05) is 7.05 Å². The van der Waals surface area contributed by atoms with Crippen molar-refractivity contribution in [2.45, 2.75) is 6.92 Å². The van der Waals surface area contributed by atoms with E-state index in [-0.39, 0.29) is 0 Å². The van der Waals surface area contributed by atoms with Gasteiger partial charge in [-0.1, -0.05) is 0 Å². The Morgan fingerprint density at radius 2 is 2.12 bits per heavy atom. The van der Waals surface area contributed by atoms with Crippen LogP contribution in [-0.2, 0) is 0 Å². The van der Waals surface area contributed by atoms with E-state index in [4.69, 9.17) is 0 Å². The molecule has 0 N–H and O–H groups in total. The summed E-state index contributed by atoms with van der Waals surface area (Å²) in [6, 6.07) is 0. The Morgan fingerprint density at radius 3 is 2.62 bits per heavy atom. The van der Waals surface area contributed by atoms with Gasteiger partial charge in [0.15, 0.2) is 0 Å². The van der Waals surface area contributed by atoms with Gasteiger partial charge in [0.05, 0.1) is 0 Å². The Morgan fingerprint density at radius 1 is 1.38 bits per heavy atom. The van der Waals surface area contributed by atoms with Gasteiger partial charge >= 0.3 is 0 Å². The third-order valence-electron chi connectivity index (χ3n) is 0.556. The Labute approximate surface area is 49.7 Å². The van der Waals surface area contributed by atoms with Gasteiger partial charge in [-0.2, -0.15) is 0 Å². The molecule has 0 aromatic rings. The molecule has 2 heteroatoms. The quantitative estimate of drug-likeness (QED) is 0.478. The van der Waals surface area contributed by atoms with Crippen LogP contribution in [-0.4, -0.2) is 19.5 Å². The lowest BCUT2D eigenvalue weighted by molar-refractivity contribution is 1.47. The molecule has 0 aromatic heterocycles. The van der Waals surface area contributed by atoms with Gasteiger partial charge in [-0.25, -0.2) is 0 Å². The molecular weight excluding hydrogens is 100 g/mol. The second-order valence-electron chi connectivity index (χ2n) is 1.16. The number of nitrogens with zero attached hydrogens (tertiary/aromatic N) is 2. The fourth-order valence-electron chi connectivity index (χ4n) is 0.260. The van der Waals surface area contributed by atoms with Crippen LogP contribution in [0.25, 0.3) is 0 Å². The maximum atomic E-state index is 3.81. The number of rotatable bonds is 2. The van der Waals surface area contributed by atoms with Crippen molar-refractivity contribution in [1.82, 2.24) is 0 Å². The van der Waals surface area contributed by atoms with E-state index in [0.29, 0.717) is 0 Å². The highest BCUT2D eigenvalue weighted by molar-refractivity contribution is 5.71. The van der Waals surface area contributed by atoms with Crippen LogP contribution in [0.1, 0.15) is 6.92 Å². The van der Waals surface area contributed by atoms with Crippen LogP contribution in [0.4, 0.5) is 0 Å². The summed E-state index contributed by atoms with van der Waals surface area (Å²) in [5.74, 6) is 0. The van der Waals surface area contributed by atoms with Crippen molar-refractivity contribution in [2.24, 2.45) is 9.98 Å². The highest BCUT2D eigenvalue weighted by Crippen LogP contribution is 1.68. The summed E-state index contributed by atoms with van der Waals surface area (Å²) in [7, 11) is 1.72. The lowest BCUT2D eigenvalue weighted by Crippen LogP contribution is -1.60. The molecule has 0 fully saturated rings. The van der Waals surface area contributed by atoms with Crippen LogP contribution in [0.5, 0.6) is 0 Å². The number of hydrogen-bond acceptors (Lipinski definition) is 2. The van der Waals surface area contributed by atoms with Crippen molar-refractivity contribution in [3.8, 4) is 0 Å². The van der Waals surface area contributed by atoms with Crippen molar-refractivity contribution in [3.63, 3.8) is 0 Å². The molecule has 0 aromatic carbocycles. The Kier molecular flexibility index (Phi) is 5.38. The van der Waals surface area contributed by atoms with E-state index in [1.165, 1.54) is 0 Å². The van der Waals surface area contributed by atoms with Crippen molar-refractivity contribution < 1.29 is 0 Å². The molecule has 0 aliphatic heterocycles. The highest BCUT2D eigenvalue weighted by atomic mass is 14.7. The maximum absolute atomic E-state index is 3.81. The highest BCUT2D eigenvalue weighted by Gasteiger charge is 1.56. The average Bonchev–Trinajstić information content (AvgIpc) is 1.81. The van der Waals surface area contributed by atoms with Gasteiger partial charge in [-0.15, -0.1) is 0 Å². The van der Waals surface area contributed by atoms with Gasteiger partial charge in [0.25, 0.3) is 0 Å². The van der Waals surface area contributed by atoms with E-state index in [2.05, 4.69) is 9.98 Å². The Bertz CT molecular complexity index is 97.7. The lowest BCUT2D eigenvalue weighted by Gasteiger charge is -1.69. The van der Waals surface area contributed by atoms with Gasteiger partial charge in [0.1, 0.15) is 0 Å². The average molecular weight is 110 g/mol. The van der Waals surface area contributed by atoms with Crippen LogP contribution >= 0.6 is 0 Å². The third-order valence-corrected chi connectivity index (χ3v) is 0.556. The minimum Gasteiger partial charge on any atom is -0.296 e. The molecule has 0 saturated carbocycles. The first-order valence-corrected chi connectivity index (χ1v) is 2.47. The lowest BCUT2D eigenvalue weighted by atomic mass is 10.6. The predicted molar refractivity (Wildman–Crippen MR) is 37.7 cm³/mol. The van der Waals surface area contributed by atoms with E-state index < -0.39 is 0 Å². The molecule has 0 heterocycles. The topological polar surface area (TPSA) is 24.7 Å². The van der Waals surface area contributed by atoms with Crippen LogP contribution in [0.15, 0.2) is 22.3 Å². The first-order chi connectivity index (χ1) is 3.91. The zero-order valence-electron chi connectivity index (χ0n) is 5.20. The summed E-state index contributed by atoms with van der Waals surface area (Å²) in [5, 5.41) is 0. The van der Waals surface area contributed by atoms with E-state index in [9.17, 15) is 0 Å². The molecule has 0 aliphatic rings. The summed E-state index contributed by atoms with van der Waals surface area (Å²) >= 11 is 0. The van der Waals surface area contributed by atoms with Crippen molar-refractivity contribution in [1.29, 1.82) is 0 Å². The summed E-state index contributed by atoms with van der Waals surface area (Å²) in [5.41, 5.74) is 0. The largest absolute Gasteiger partial charge is 0.296 e. The molecule has 8 heavy (non-hydrogen) atoms. The molecule has 0 atom stereocenters. The summed E-state index contributed by atoms with van der Waals surface area (Å²) in [4.78, 5) is 7.53. The Balaban J connectivity index is 3.35. The first kappa shape index (κ1) is 7.08. The smallest absolute Gasteiger partial charge is 0.0278 e. The maximum Gasteiger partial charge on any atom is 0.0278 e. The second-order valence-corrected chi connectivity index (χ2v) is 1.16. The van der Waals surface area contributed by atoms with E-state index in [1.807, 2.05) is 6.92 Å². The van der Waals surface area contributed by atoms with E-state index in [1.54, 1.807) is 31.8 Å². The minimum absolute atomic E-state index is 1.69. The molecule has 44 valence electrons. The van der Waals surface area contributed by atoms with Gasteiger partial charge in [-0.05, 0) is 13.0 Å². The van der Waals surface area contributed by atoms with Gasteiger partial charge in [0.2, 0.25) is 0 Å². The molecule has 0 saturated heterocycles. The molecule has 0 amide bonds. The van der Waals surface area contributed by atoms with Crippen LogP contribution in [0, 0.1) is 0 Å². The molecule has 0 bridgehead atoms. The molecule has 0 spiro atoms. The molecule has 0 radical (unpaired) electrons. The zero-order valence-corrected chi connectivity index (χ0v) is 5.20. The standard InChI is InChI=1S/C6H10N2/c1-3-8-6-4-5-7-2/h3-6H,1-2H3/b6-4-,7-5-,8-3+. The fraction of sp³-hybridized carbons (Fsp3) is 0.333. The monoisotopic (exact) mass is 110 g/mol. The summed E-state index contributed by atoms with van der Waals surface area (Å²) < 4.78 is 0. The molecule has 0 aliphatic carbocycles. The van der Waals surface area contributed by atoms with Crippen LogP contribution in [0.3, 0.4) is 0 Å². The fourth-order valence-corrected chi connectivity index (χ4v) is 0.260. The summed E-state index contributed by atoms with van der Waals surface area (Å²) in [6.07, 6.45) is 6.88.